The van der Waals surface area contributed by atoms with Gasteiger partial charge in [0.25, 0.3) is 0 Å². The van der Waals surface area contributed by atoms with E-state index in [4.69, 9.17) is 9.15 Å². The number of hydrogen-bond acceptors (Lipinski definition) is 5. The predicted molar refractivity (Wildman–Crippen MR) is 96.5 cm³/mol. The number of aryl methyl sites for hydroxylation is 1. The van der Waals surface area contributed by atoms with Crippen molar-refractivity contribution in [2.24, 2.45) is 5.92 Å². The fraction of sp³-hybridized carbons (Fsp3) is 0.421. The Labute approximate surface area is 151 Å². The molecule has 1 amide bonds. The Bertz CT molecular complexity index is 885. The van der Waals surface area contributed by atoms with Gasteiger partial charge in [0.2, 0.25) is 5.91 Å². The lowest BCUT2D eigenvalue weighted by Crippen LogP contribution is -2.45. The smallest absolute Gasteiger partial charge is 0.340 e. The quantitative estimate of drug-likeness (QED) is 0.733. The van der Waals surface area contributed by atoms with Crippen LogP contribution < -0.4 is 15.7 Å². The van der Waals surface area contributed by atoms with Crippen molar-refractivity contribution >= 4 is 22.8 Å². The molecule has 0 fully saturated rings. The Balaban J connectivity index is 2.31. The molecule has 140 valence electrons. The van der Waals surface area contributed by atoms with Gasteiger partial charge < -0.3 is 19.6 Å². The van der Waals surface area contributed by atoms with Crippen LogP contribution in [0.15, 0.2) is 27.4 Å². The molecule has 26 heavy (non-hydrogen) atoms. The number of nitrogens with one attached hydrogen (secondary N) is 1. The van der Waals surface area contributed by atoms with E-state index in [0.717, 1.165) is 0 Å². The van der Waals surface area contributed by atoms with E-state index in [2.05, 4.69) is 5.32 Å². The van der Waals surface area contributed by atoms with Crippen LogP contribution in [0.2, 0.25) is 0 Å². The van der Waals surface area contributed by atoms with Crippen LogP contribution >= 0.6 is 0 Å². The number of amides is 1. The molecule has 0 saturated carbocycles. The average molecular weight is 361 g/mol. The van der Waals surface area contributed by atoms with Gasteiger partial charge in [-0.1, -0.05) is 20.3 Å². The Hall–Kier alpha value is -2.83. The second-order valence-corrected chi connectivity index (χ2v) is 6.30. The number of benzene rings is 1. The largest absolute Gasteiger partial charge is 0.497 e. The van der Waals surface area contributed by atoms with Crippen LogP contribution in [-0.2, 0) is 16.0 Å². The summed E-state index contributed by atoms with van der Waals surface area (Å²) < 4.78 is 10.4. The van der Waals surface area contributed by atoms with Gasteiger partial charge in [0, 0.05) is 11.5 Å². The molecular weight excluding hydrogens is 338 g/mol. The van der Waals surface area contributed by atoms with Gasteiger partial charge in [-0.3, -0.25) is 4.79 Å². The third-order valence-electron chi connectivity index (χ3n) is 4.63. The van der Waals surface area contributed by atoms with Crippen molar-refractivity contribution in [1.29, 1.82) is 0 Å². The Kier molecular flexibility index (Phi) is 6.02. The van der Waals surface area contributed by atoms with Gasteiger partial charge in [-0.05, 0) is 30.5 Å². The summed E-state index contributed by atoms with van der Waals surface area (Å²) in [6.45, 7) is 5.34. The van der Waals surface area contributed by atoms with E-state index in [1.54, 1.807) is 32.0 Å². The number of fused-ring (bicyclic) bond motifs is 1. The van der Waals surface area contributed by atoms with Crippen LogP contribution in [0.25, 0.3) is 11.0 Å². The normalized spacial score (nSPS) is 13.2. The molecule has 7 heteroatoms. The molecule has 0 aliphatic rings. The molecule has 0 aliphatic heterocycles. The number of carboxylic acid groups (broad SMARTS) is 1. The topological polar surface area (TPSA) is 106 Å². The summed E-state index contributed by atoms with van der Waals surface area (Å²) in [7, 11) is 1.51. The molecule has 2 rings (SSSR count). The first kappa shape index (κ1) is 19.5. The summed E-state index contributed by atoms with van der Waals surface area (Å²) in [5.41, 5.74) is 0.603. The molecule has 0 saturated heterocycles. The van der Waals surface area contributed by atoms with E-state index in [-0.39, 0.29) is 17.9 Å². The summed E-state index contributed by atoms with van der Waals surface area (Å²) in [4.78, 5) is 36.0. The van der Waals surface area contributed by atoms with E-state index in [0.29, 0.717) is 28.7 Å². The van der Waals surface area contributed by atoms with Crippen molar-refractivity contribution in [3.63, 3.8) is 0 Å². The fourth-order valence-electron chi connectivity index (χ4n) is 2.77. The zero-order chi connectivity index (χ0) is 19.4. The SMILES string of the molecule is CC[C@H](C)[C@H](NC(=O)Cc1c(C)c2ccc(OC)cc2oc1=O)C(=O)O. The number of methoxy groups -OCH3 is 1. The highest BCUT2D eigenvalue weighted by molar-refractivity contribution is 5.87. The van der Waals surface area contributed by atoms with Crippen molar-refractivity contribution in [3.8, 4) is 5.75 Å². The van der Waals surface area contributed by atoms with E-state index in [9.17, 15) is 19.5 Å². The summed E-state index contributed by atoms with van der Waals surface area (Å²) in [6, 6.07) is 4.11. The summed E-state index contributed by atoms with van der Waals surface area (Å²) in [6.07, 6.45) is 0.368. The van der Waals surface area contributed by atoms with Crippen LogP contribution in [0.3, 0.4) is 0 Å². The number of rotatable bonds is 7. The number of ether oxygens (including phenoxy) is 1. The maximum Gasteiger partial charge on any atom is 0.340 e. The van der Waals surface area contributed by atoms with Gasteiger partial charge in [0.1, 0.15) is 17.4 Å². The van der Waals surface area contributed by atoms with Crippen LogP contribution in [0.5, 0.6) is 5.75 Å². The molecule has 1 aromatic carbocycles. The highest BCUT2D eigenvalue weighted by atomic mass is 16.5. The zero-order valence-corrected chi connectivity index (χ0v) is 15.3. The maximum atomic E-state index is 12.3. The van der Waals surface area contributed by atoms with Crippen LogP contribution in [0.1, 0.15) is 31.4 Å². The van der Waals surface area contributed by atoms with E-state index < -0.39 is 23.5 Å². The maximum absolute atomic E-state index is 12.3. The molecule has 7 nitrogen and oxygen atoms in total. The van der Waals surface area contributed by atoms with Gasteiger partial charge in [0.05, 0.1) is 19.1 Å². The summed E-state index contributed by atoms with van der Waals surface area (Å²) in [5.74, 6) is -1.29. The number of hydrogen-bond donors (Lipinski definition) is 2. The molecule has 1 aromatic heterocycles. The number of aliphatic carboxylic acids is 1. The molecule has 1 heterocycles. The summed E-state index contributed by atoms with van der Waals surface area (Å²) in [5, 5.41) is 12.5. The lowest BCUT2D eigenvalue weighted by molar-refractivity contribution is -0.143. The standard InChI is InChI=1S/C19H23NO6/c1-5-10(2)17(18(22)23)20-16(21)9-14-11(3)13-7-6-12(25-4)8-15(13)26-19(14)24/h6-8,10,17H,5,9H2,1-4H3,(H,20,21)(H,22,23)/t10-,17-/m0/s1. The molecule has 0 spiro atoms. The van der Waals surface area contributed by atoms with Crippen molar-refractivity contribution < 1.29 is 23.8 Å². The minimum absolute atomic E-state index is 0.216. The molecule has 0 bridgehead atoms. The summed E-state index contributed by atoms with van der Waals surface area (Å²) >= 11 is 0. The van der Waals surface area contributed by atoms with E-state index in [1.807, 2.05) is 6.92 Å². The average Bonchev–Trinajstić information content (AvgIpc) is 2.61. The third kappa shape index (κ3) is 4.04. The fourth-order valence-corrected chi connectivity index (χ4v) is 2.77. The minimum atomic E-state index is -1.10. The molecule has 0 radical (unpaired) electrons. The van der Waals surface area contributed by atoms with Crippen LogP contribution in [0, 0.1) is 12.8 Å². The molecule has 0 aliphatic carbocycles. The van der Waals surface area contributed by atoms with Crippen molar-refractivity contribution in [1.82, 2.24) is 5.32 Å². The van der Waals surface area contributed by atoms with Gasteiger partial charge in [-0.25, -0.2) is 9.59 Å². The molecule has 0 unspecified atom stereocenters. The second kappa shape index (κ2) is 8.03. The number of carbonyl (C=O) groups excluding carboxylic acids is 1. The Morgan fingerprint density at radius 1 is 1.35 bits per heavy atom. The van der Waals surface area contributed by atoms with Crippen molar-refractivity contribution in [2.45, 2.75) is 39.7 Å². The van der Waals surface area contributed by atoms with E-state index >= 15 is 0 Å². The Morgan fingerprint density at radius 2 is 2.04 bits per heavy atom. The first-order chi connectivity index (χ1) is 12.3. The third-order valence-corrected chi connectivity index (χ3v) is 4.63. The van der Waals surface area contributed by atoms with Crippen molar-refractivity contribution in [3.05, 3.63) is 39.7 Å². The molecule has 2 atom stereocenters. The molecule has 2 N–H and O–H groups in total. The highest BCUT2D eigenvalue weighted by Crippen LogP contribution is 2.24. The zero-order valence-electron chi connectivity index (χ0n) is 15.3. The minimum Gasteiger partial charge on any atom is -0.497 e. The first-order valence-corrected chi connectivity index (χ1v) is 8.41. The van der Waals surface area contributed by atoms with E-state index in [1.165, 1.54) is 7.11 Å². The molecular formula is C19H23NO6. The number of carbonyl (C=O) groups is 2. The number of carboxylic acids is 1. The van der Waals surface area contributed by atoms with Crippen LogP contribution in [-0.4, -0.2) is 30.1 Å². The van der Waals surface area contributed by atoms with Gasteiger partial charge >= 0.3 is 11.6 Å². The lowest BCUT2D eigenvalue weighted by Gasteiger charge is -2.20. The Morgan fingerprint density at radius 3 is 2.62 bits per heavy atom. The predicted octanol–water partition coefficient (Wildman–Crippen LogP) is 2.27. The highest BCUT2D eigenvalue weighted by Gasteiger charge is 2.26. The first-order valence-electron chi connectivity index (χ1n) is 8.41. The van der Waals surface area contributed by atoms with Crippen LogP contribution in [0.4, 0.5) is 0 Å². The second-order valence-electron chi connectivity index (χ2n) is 6.30. The molecule has 2 aromatic rings. The lowest BCUT2D eigenvalue weighted by atomic mass is 9.98. The van der Waals surface area contributed by atoms with Gasteiger partial charge in [-0.15, -0.1) is 0 Å². The monoisotopic (exact) mass is 361 g/mol. The van der Waals surface area contributed by atoms with Gasteiger partial charge in [0.15, 0.2) is 0 Å². The van der Waals surface area contributed by atoms with Gasteiger partial charge in [-0.2, -0.15) is 0 Å². The van der Waals surface area contributed by atoms with Crippen molar-refractivity contribution in [2.75, 3.05) is 7.11 Å².